The monoisotopic (exact) mass is 596 g/mol. The Kier molecular flexibility index (Phi) is 7.94. The number of tetrazole rings is 1. The van der Waals surface area contributed by atoms with Gasteiger partial charge in [-0.2, -0.15) is 0 Å². The van der Waals surface area contributed by atoms with Crippen LogP contribution in [0, 0.1) is 6.92 Å². The van der Waals surface area contributed by atoms with E-state index in [9.17, 15) is 29.4 Å². The number of thioether (sulfide) groups is 2. The van der Waals surface area contributed by atoms with Gasteiger partial charge in [-0.3, -0.25) is 24.3 Å². The highest BCUT2D eigenvalue weighted by molar-refractivity contribution is 8.01. The Bertz CT molecular complexity index is 1560. The molecule has 4 heterocycles. The first-order valence-corrected chi connectivity index (χ1v) is 14.3. The molecule has 2 unspecified atom stereocenters. The molecule has 0 spiro atoms. The summed E-state index contributed by atoms with van der Waals surface area (Å²) < 4.78 is 1.46. The molecule has 0 saturated carbocycles. The van der Waals surface area contributed by atoms with Gasteiger partial charge in [-0.15, -0.1) is 16.9 Å². The molecule has 1 fully saturated rings. The molecule has 212 valence electrons. The predicted molar refractivity (Wildman–Crippen MR) is 146 cm³/mol. The molecule has 3 atom stereocenters. The number of amides is 3. The number of hydrogen-bond donors (Lipinski definition) is 4. The zero-order valence-corrected chi connectivity index (χ0v) is 23.3. The minimum atomic E-state index is -1.25. The van der Waals surface area contributed by atoms with Crippen molar-refractivity contribution in [3.8, 4) is 5.75 Å². The summed E-state index contributed by atoms with van der Waals surface area (Å²) in [6.45, 7) is 1.66. The number of hydrogen-bond acceptors (Lipinski definition) is 11. The summed E-state index contributed by atoms with van der Waals surface area (Å²) in [6.07, 6.45) is 1.21. The first kappa shape index (κ1) is 28.1. The minimum Gasteiger partial charge on any atom is -0.507 e. The number of aromatic hydroxyl groups is 1. The van der Waals surface area contributed by atoms with E-state index in [-0.39, 0.29) is 22.8 Å². The van der Waals surface area contributed by atoms with Gasteiger partial charge in [-0.05, 0) is 28.5 Å². The Hall–Kier alpha value is -4.44. The molecule has 4 N–H and O–H groups in total. The van der Waals surface area contributed by atoms with Crippen molar-refractivity contribution >= 4 is 47.2 Å². The smallest absolute Gasteiger partial charge is 0.352 e. The molecule has 1 saturated heterocycles. The first-order chi connectivity index (χ1) is 19.7. The number of aryl methyl sites for hydroxylation is 2. The van der Waals surface area contributed by atoms with Gasteiger partial charge in [0.1, 0.15) is 28.9 Å². The van der Waals surface area contributed by atoms with Gasteiger partial charge >= 0.3 is 5.97 Å². The van der Waals surface area contributed by atoms with Crippen LogP contribution in [0.25, 0.3) is 0 Å². The van der Waals surface area contributed by atoms with Crippen molar-refractivity contribution in [3.05, 3.63) is 70.7 Å². The van der Waals surface area contributed by atoms with Crippen molar-refractivity contribution in [2.75, 3.05) is 11.5 Å². The highest BCUT2D eigenvalue weighted by Crippen LogP contribution is 2.41. The lowest BCUT2D eigenvalue weighted by Gasteiger charge is -2.49. The molecule has 1 aromatic carbocycles. The molecule has 0 bridgehead atoms. The van der Waals surface area contributed by atoms with Gasteiger partial charge in [0.05, 0.1) is 5.56 Å². The summed E-state index contributed by atoms with van der Waals surface area (Å²) >= 11 is 2.58. The van der Waals surface area contributed by atoms with Crippen LogP contribution in [-0.4, -0.2) is 86.9 Å². The number of carbonyl (C=O) groups excluding carboxylic acids is 3. The SMILES string of the molecule is Cc1cc(O)c(C(=O)NC(C(=O)NC2C(=O)N3C(C(=O)O)=C(CSc4nnnn4C)CS[C@@H]23)c2ccccc2)cn1. The van der Waals surface area contributed by atoms with E-state index >= 15 is 0 Å². The molecule has 2 aliphatic rings. The van der Waals surface area contributed by atoms with Crippen molar-refractivity contribution in [1.29, 1.82) is 0 Å². The van der Waals surface area contributed by atoms with Gasteiger partial charge in [0, 0.05) is 36.5 Å². The average Bonchev–Trinajstić information content (AvgIpc) is 3.37. The Morgan fingerprint density at radius 1 is 1.24 bits per heavy atom. The van der Waals surface area contributed by atoms with Gasteiger partial charge in [0.15, 0.2) is 0 Å². The lowest BCUT2D eigenvalue weighted by Crippen LogP contribution is -2.71. The second-order valence-corrected chi connectivity index (χ2v) is 11.2. The summed E-state index contributed by atoms with van der Waals surface area (Å²) in [5.74, 6) is -2.93. The minimum absolute atomic E-state index is 0.114. The van der Waals surface area contributed by atoms with Crippen LogP contribution < -0.4 is 10.6 Å². The van der Waals surface area contributed by atoms with E-state index in [1.807, 2.05) is 0 Å². The number of rotatable bonds is 9. The highest BCUT2D eigenvalue weighted by Gasteiger charge is 2.54. The summed E-state index contributed by atoms with van der Waals surface area (Å²) in [4.78, 5) is 57.0. The fraction of sp³-hybridized carbons (Fsp3) is 0.280. The van der Waals surface area contributed by atoms with Crippen LogP contribution in [0.5, 0.6) is 5.75 Å². The van der Waals surface area contributed by atoms with E-state index in [0.29, 0.717) is 27.7 Å². The lowest BCUT2D eigenvalue weighted by atomic mass is 10.0. The number of fused-ring (bicyclic) bond motifs is 1. The van der Waals surface area contributed by atoms with E-state index < -0.39 is 41.1 Å². The predicted octanol–water partition coefficient (Wildman–Crippen LogP) is 0.621. The van der Waals surface area contributed by atoms with Crippen molar-refractivity contribution in [2.24, 2.45) is 7.05 Å². The van der Waals surface area contributed by atoms with Crippen LogP contribution >= 0.6 is 23.5 Å². The second kappa shape index (κ2) is 11.6. The quantitative estimate of drug-likeness (QED) is 0.199. The molecule has 41 heavy (non-hydrogen) atoms. The number of aliphatic carboxylic acids is 1. The standard InChI is InChI=1S/C25H24N8O6S2/c1-12-8-16(34)15(9-26-12)20(35)27-17(13-6-4-3-5-7-13)21(36)28-18-22(37)33-19(24(38)39)14(10-40-23(18)33)11-41-25-29-30-31-32(25)2/h3-9,17-18,23H,10-11H2,1-2H3,(H,26,34)(H,27,35)(H,28,36)(H,38,39)/t17?,18?,23-/m0/s1. The first-order valence-electron chi connectivity index (χ1n) is 12.2. The Balaban J connectivity index is 1.33. The fourth-order valence-electron chi connectivity index (χ4n) is 4.40. The second-order valence-electron chi connectivity index (χ2n) is 9.19. The van der Waals surface area contributed by atoms with Crippen molar-refractivity contribution < 1.29 is 29.4 Å². The van der Waals surface area contributed by atoms with Crippen molar-refractivity contribution in [1.82, 2.24) is 40.7 Å². The van der Waals surface area contributed by atoms with Gasteiger partial charge in [0.2, 0.25) is 11.1 Å². The third kappa shape index (κ3) is 5.60. The lowest BCUT2D eigenvalue weighted by molar-refractivity contribution is -0.151. The summed E-state index contributed by atoms with van der Waals surface area (Å²) in [7, 11) is 1.66. The van der Waals surface area contributed by atoms with Gasteiger partial charge in [-0.1, -0.05) is 42.1 Å². The third-order valence-electron chi connectivity index (χ3n) is 6.44. The Morgan fingerprint density at radius 3 is 2.66 bits per heavy atom. The average molecular weight is 597 g/mol. The molecule has 2 aromatic heterocycles. The number of aromatic nitrogens is 5. The number of nitrogens with zero attached hydrogens (tertiary/aromatic N) is 6. The number of carbonyl (C=O) groups is 4. The van der Waals surface area contributed by atoms with Crippen LogP contribution in [0.3, 0.4) is 0 Å². The Morgan fingerprint density at radius 2 is 2.00 bits per heavy atom. The van der Waals surface area contributed by atoms with Crippen LogP contribution in [-0.2, 0) is 21.4 Å². The summed E-state index contributed by atoms with van der Waals surface area (Å²) in [6, 6.07) is 7.55. The highest BCUT2D eigenvalue weighted by atomic mass is 32.2. The van der Waals surface area contributed by atoms with Crippen LogP contribution in [0.2, 0.25) is 0 Å². The maximum Gasteiger partial charge on any atom is 0.352 e. The van der Waals surface area contributed by atoms with E-state index in [4.69, 9.17) is 0 Å². The molecule has 14 nitrogen and oxygen atoms in total. The molecular formula is C25H24N8O6S2. The number of pyridine rings is 1. The zero-order chi connectivity index (χ0) is 29.3. The number of carboxylic acid groups (broad SMARTS) is 1. The van der Waals surface area contributed by atoms with Crippen molar-refractivity contribution in [3.63, 3.8) is 0 Å². The van der Waals surface area contributed by atoms with E-state index in [1.54, 1.807) is 44.3 Å². The van der Waals surface area contributed by atoms with Gasteiger partial charge in [0.25, 0.3) is 11.8 Å². The number of benzene rings is 1. The summed E-state index contributed by atoms with van der Waals surface area (Å²) in [5, 5.41) is 36.5. The maximum atomic E-state index is 13.5. The van der Waals surface area contributed by atoms with E-state index in [2.05, 4.69) is 31.1 Å². The molecule has 0 aliphatic carbocycles. The normalized spacial score (nSPS) is 18.8. The van der Waals surface area contributed by atoms with Crippen LogP contribution in [0.15, 0.2) is 59.0 Å². The maximum absolute atomic E-state index is 13.5. The zero-order valence-electron chi connectivity index (χ0n) is 21.7. The summed E-state index contributed by atoms with van der Waals surface area (Å²) in [5.41, 5.74) is 1.25. The van der Waals surface area contributed by atoms with Gasteiger partial charge < -0.3 is 20.8 Å². The Labute approximate surface area is 241 Å². The molecule has 2 aliphatic heterocycles. The number of nitrogens with one attached hydrogen (secondary N) is 2. The molecule has 0 radical (unpaired) electrons. The number of β-lactam (4-membered cyclic amide) rings is 1. The fourth-order valence-corrected chi connectivity index (χ4v) is 6.74. The molecule has 3 amide bonds. The third-order valence-corrected chi connectivity index (χ3v) is 8.87. The van der Waals surface area contributed by atoms with Crippen molar-refractivity contribution in [2.45, 2.75) is 29.5 Å². The van der Waals surface area contributed by atoms with Crippen LogP contribution in [0.4, 0.5) is 0 Å². The topological polar surface area (TPSA) is 193 Å². The largest absolute Gasteiger partial charge is 0.507 e. The van der Waals surface area contributed by atoms with Crippen LogP contribution in [0.1, 0.15) is 27.7 Å². The molecule has 16 heteroatoms. The van der Waals surface area contributed by atoms with E-state index in [1.165, 1.54) is 45.4 Å². The number of carboxylic acids is 1. The molecule has 3 aromatic rings. The molecular weight excluding hydrogens is 572 g/mol. The molecule has 5 rings (SSSR count). The van der Waals surface area contributed by atoms with Gasteiger partial charge in [-0.25, -0.2) is 9.48 Å². The van der Waals surface area contributed by atoms with E-state index in [0.717, 1.165) is 0 Å².